The highest BCUT2D eigenvalue weighted by molar-refractivity contribution is 6.30. The lowest BCUT2D eigenvalue weighted by Gasteiger charge is -2.18. The number of hydrogen-bond acceptors (Lipinski definition) is 1. The van der Waals surface area contributed by atoms with Gasteiger partial charge in [-0.3, -0.25) is 0 Å². The van der Waals surface area contributed by atoms with Crippen LogP contribution in [0.15, 0.2) is 24.3 Å². The van der Waals surface area contributed by atoms with Gasteiger partial charge in [0.25, 0.3) is 0 Å². The summed E-state index contributed by atoms with van der Waals surface area (Å²) in [7, 11) is 0. The van der Waals surface area contributed by atoms with E-state index in [1.54, 1.807) is 0 Å². The van der Waals surface area contributed by atoms with Gasteiger partial charge >= 0.3 is 0 Å². The second-order valence-electron chi connectivity index (χ2n) is 3.88. The average molecular weight is 212 g/mol. The van der Waals surface area contributed by atoms with Crippen LogP contribution in [0.2, 0.25) is 5.02 Å². The summed E-state index contributed by atoms with van der Waals surface area (Å²) < 4.78 is 0. The molecule has 0 aliphatic carbocycles. The maximum Gasteiger partial charge on any atom is 0.0406 e. The first-order valence-corrected chi connectivity index (χ1v) is 5.51. The van der Waals surface area contributed by atoms with Crippen LogP contribution in [0.1, 0.15) is 25.8 Å². The molecule has 78 valence electrons. The minimum atomic E-state index is 0.251. The van der Waals surface area contributed by atoms with E-state index in [-0.39, 0.29) is 6.04 Å². The zero-order valence-electron chi connectivity index (χ0n) is 8.83. The number of halogens is 1. The van der Waals surface area contributed by atoms with E-state index < -0.39 is 0 Å². The number of rotatable bonds is 4. The van der Waals surface area contributed by atoms with Gasteiger partial charge in [-0.05, 0) is 30.0 Å². The van der Waals surface area contributed by atoms with Crippen LogP contribution in [0.5, 0.6) is 0 Å². The van der Waals surface area contributed by atoms with Crippen LogP contribution in [-0.2, 0) is 6.42 Å². The summed E-state index contributed by atoms with van der Waals surface area (Å²) in [5.41, 5.74) is 7.33. The summed E-state index contributed by atoms with van der Waals surface area (Å²) in [6, 6.07) is 8.18. The minimum Gasteiger partial charge on any atom is -0.327 e. The lowest BCUT2D eigenvalue weighted by atomic mass is 9.94. The lowest BCUT2D eigenvalue weighted by Crippen LogP contribution is -2.30. The van der Waals surface area contributed by atoms with Crippen LogP contribution < -0.4 is 5.73 Å². The molecule has 0 fully saturated rings. The first-order chi connectivity index (χ1) is 6.63. The Bertz CT molecular complexity index is 268. The van der Waals surface area contributed by atoms with Crippen molar-refractivity contribution in [2.45, 2.75) is 32.7 Å². The maximum atomic E-state index is 6.06. The van der Waals surface area contributed by atoms with Crippen LogP contribution in [-0.4, -0.2) is 6.04 Å². The van der Waals surface area contributed by atoms with Crippen molar-refractivity contribution < 1.29 is 0 Å². The van der Waals surface area contributed by atoms with Crippen molar-refractivity contribution in [1.82, 2.24) is 0 Å². The highest BCUT2D eigenvalue weighted by Gasteiger charge is 2.10. The van der Waals surface area contributed by atoms with Crippen LogP contribution in [0.3, 0.4) is 0 Å². The highest BCUT2D eigenvalue weighted by Crippen LogP contribution is 2.14. The molecule has 0 heterocycles. The Morgan fingerprint density at radius 1 is 1.29 bits per heavy atom. The Kier molecular flexibility index (Phi) is 4.43. The van der Waals surface area contributed by atoms with E-state index in [9.17, 15) is 0 Å². The summed E-state index contributed by atoms with van der Waals surface area (Å²) >= 11 is 5.81. The van der Waals surface area contributed by atoms with Crippen molar-refractivity contribution in [2.24, 2.45) is 11.7 Å². The summed E-state index contributed by atoms with van der Waals surface area (Å²) in [4.78, 5) is 0. The smallest absolute Gasteiger partial charge is 0.0406 e. The van der Waals surface area contributed by atoms with E-state index in [0.29, 0.717) is 5.92 Å². The van der Waals surface area contributed by atoms with E-state index >= 15 is 0 Å². The summed E-state index contributed by atoms with van der Waals surface area (Å²) in [6.07, 6.45) is 2.07. The number of hydrogen-bond donors (Lipinski definition) is 1. The molecule has 2 N–H and O–H groups in total. The molecule has 0 bridgehead atoms. The average Bonchev–Trinajstić information content (AvgIpc) is 2.20. The van der Waals surface area contributed by atoms with E-state index in [4.69, 9.17) is 17.3 Å². The van der Waals surface area contributed by atoms with Gasteiger partial charge in [0.2, 0.25) is 0 Å². The molecule has 0 saturated heterocycles. The predicted molar refractivity (Wildman–Crippen MR) is 62.6 cm³/mol. The summed E-state index contributed by atoms with van der Waals surface area (Å²) in [6.45, 7) is 4.37. The molecule has 2 atom stereocenters. The van der Waals surface area contributed by atoms with E-state index in [1.165, 1.54) is 5.56 Å². The van der Waals surface area contributed by atoms with Gasteiger partial charge in [0.05, 0.1) is 0 Å². The second kappa shape index (κ2) is 5.38. The Balaban J connectivity index is 2.56. The minimum absolute atomic E-state index is 0.251. The molecule has 0 amide bonds. The van der Waals surface area contributed by atoms with Gasteiger partial charge in [-0.15, -0.1) is 0 Å². The Morgan fingerprint density at radius 3 is 2.36 bits per heavy atom. The van der Waals surface area contributed by atoms with Gasteiger partial charge in [0.15, 0.2) is 0 Å². The molecular weight excluding hydrogens is 194 g/mol. The molecule has 0 saturated carbocycles. The molecule has 1 rings (SSSR count). The second-order valence-corrected chi connectivity index (χ2v) is 4.32. The lowest BCUT2D eigenvalue weighted by molar-refractivity contribution is 0.440. The van der Waals surface area contributed by atoms with Crippen LogP contribution >= 0.6 is 11.6 Å². The van der Waals surface area contributed by atoms with Crippen molar-refractivity contribution in [3.05, 3.63) is 34.9 Å². The third kappa shape index (κ3) is 3.32. The topological polar surface area (TPSA) is 26.0 Å². The molecule has 1 nitrogen and oxygen atoms in total. The predicted octanol–water partition coefficient (Wildman–Crippen LogP) is 3.26. The molecule has 2 unspecified atom stereocenters. The quantitative estimate of drug-likeness (QED) is 0.813. The molecule has 0 aromatic heterocycles. The van der Waals surface area contributed by atoms with Crippen LogP contribution in [0.25, 0.3) is 0 Å². The van der Waals surface area contributed by atoms with Crippen molar-refractivity contribution in [2.75, 3.05) is 0 Å². The van der Waals surface area contributed by atoms with Gasteiger partial charge in [-0.1, -0.05) is 44.0 Å². The van der Waals surface area contributed by atoms with Gasteiger partial charge in [-0.2, -0.15) is 0 Å². The molecule has 2 heteroatoms. The SMILES string of the molecule is CCC(C)C(N)Cc1ccc(Cl)cc1. The van der Waals surface area contributed by atoms with Crippen LogP contribution in [0, 0.1) is 5.92 Å². The Hall–Kier alpha value is -0.530. The van der Waals surface area contributed by atoms with Crippen molar-refractivity contribution in [3.63, 3.8) is 0 Å². The molecule has 0 radical (unpaired) electrons. The van der Waals surface area contributed by atoms with Crippen molar-refractivity contribution in [1.29, 1.82) is 0 Å². The largest absolute Gasteiger partial charge is 0.327 e. The number of nitrogens with two attached hydrogens (primary N) is 1. The fourth-order valence-corrected chi connectivity index (χ4v) is 1.52. The highest BCUT2D eigenvalue weighted by atomic mass is 35.5. The van der Waals surface area contributed by atoms with Gasteiger partial charge in [-0.25, -0.2) is 0 Å². The normalized spacial score (nSPS) is 15.1. The first-order valence-electron chi connectivity index (χ1n) is 5.13. The zero-order chi connectivity index (χ0) is 10.6. The first kappa shape index (κ1) is 11.5. The molecule has 1 aromatic rings. The molecule has 14 heavy (non-hydrogen) atoms. The van der Waals surface area contributed by atoms with Crippen molar-refractivity contribution in [3.8, 4) is 0 Å². The van der Waals surface area contributed by atoms with Gasteiger partial charge in [0.1, 0.15) is 0 Å². The molecule has 0 spiro atoms. The van der Waals surface area contributed by atoms with E-state index in [0.717, 1.165) is 17.9 Å². The van der Waals surface area contributed by atoms with E-state index in [1.807, 2.05) is 24.3 Å². The monoisotopic (exact) mass is 211 g/mol. The van der Waals surface area contributed by atoms with Gasteiger partial charge in [0, 0.05) is 11.1 Å². The molecular formula is C12H18ClN. The Morgan fingerprint density at radius 2 is 1.86 bits per heavy atom. The summed E-state index contributed by atoms with van der Waals surface area (Å²) in [5, 5.41) is 0.783. The maximum absolute atomic E-state index is 6.06. The molecule has 0 aliphatic rings. The molecule has 1 aromatic carbocycles. The Labute approximate surface area is 91.3 Å². The van der Waals surface area contributed by atoms with Gasteiger partial charge < -0.3 is 5.73 Å². The molecule has 0 aliphatic heterocycles. The third-order valence-corrected chi connectivity index (χ3v) is 3.01. The fourth-order valence-electron chi connectivity index (χ4n) is 1.40. The standard InChI is InChI=1S/C12H18ClN/c1-3-9(2)12(14)8-10-4-6-11(13)7-5-10/h4-7,9,12H,3,8,14H2,1-2H3. The van der Waals surface area contributed by atoms with E-state index in [2.05, 4.69) is 13.8 Å². The summed E-state index contributed by atoms with van der Waals surface area (Å²) in [5.74, 6) is 0.575. The zero-order valence-corrected chi connectivity index (χ0v) is 9.59. The van der Waals surface area contributed by atoms with Crippen molar-refractivity contribution >= 4 is 11.6 Å². The number of benzene rings is 1. The third-order valence-electron chi connectivity index (χ3n) is 2.76. The fraction of sp³-hybridized carbons (Fsp3) is 0.500. The van der Waals surface area contributed by atoms with Crippen LogP contribution in [0.4, 0.5) is 0 Å².